The molecule has 0 fully saturated rings. The summed E-state index contributed by atoms with van der Waals surface area (Å²) in [6.07, 6.45) is 0. The van der Waals surface area contributed by atoms with Gasteiger partial charge in [0, 0.05) is 7.05 Å². The van der Waals surface area contributed by atoms with Crippen LogP contribution in [0.5, 0.6) is 0 Å². The lowest BCUT2D eigenvalue weighted by atomic mass is 10.4. The Morgan fingerprint density at radius 2 is 2.18 bits per heavy atom. The Balaban J connectivity index is 3.29. The van der Waals surface area contributed by atoms with E-state index in [1.165, 1.54) is 0 Å². The fraction of sp³-hybridized carbons (Fsp3) is 0.200. The molecule has 0 atom stereocenters. The fourth-order valence-corrected chi connectivity index (χ4v) is 0.614. The van der Waals surface area contributed by atoms with Crippen molar-refractivity contribution in [2.45, 2.75) is 0 Å². The van der Waals surface area contributed by atoms with Crippen LogP contribution in [0.1, 0.15) is 10.5 Å². The molecule has 1 N–H and O–H groups in total. The van der Waals surface area contributed by atoms with E-state index >= 15 is 0 Å². The van der Waals surface area contributed by atoms with Crippen molar-refractivity contribution in [3.63, 3.8) is 0 Å². The van der Waals surface area contributed by atoms with Crippen LogP contribution >= 0.6 is 0 Å². The summed E-state index contributed by atoms with van der Waals surface area (Å²) in [5.74, 6) is -4.29. The zero-order chi connectivity index (χ0) is 8.59. The molecule has 1 heterocycles. The predicted molar refractivity (Wildman–Crippen MR) is 30.1 cm³/mol. The largest absolute Gasteiger partial charge is 0.476 e. The van der Waals surface area contributed by atoms with Crippen molar-refractivity contribution in [1.29, 1.82) is 0 Å². The molecule has 0 unspecified atom stereocenters. The molecular weight excluding hydrogens is 158 g/mol. The number of rotatable bonds is 1. The number of aromatic carboxylic acids is 1. The molecule has 0 bridgehead atoms. The minimum Gasteiger partial charge on any atom is -0.476 e. The minimum absolute atomic E-state index is 0.527. The quantitative estimate of drug-likeness (QED) is 0.650. The predicted octanol–water partition coefficient (Wildman–Crippen LogP) is 0.397. The molecule has 0 aliphatic heterocycles. The van der Waals surface area contributed by atoms with Gasteiger partial charge in [-0.3, -0.25) is 0 Å². The second-order valence-electron chi connectivity index (χ2n) is 1.88. The van der Waals surface area contributed by atoms with Crippen LogP contribution in [0.2, 0.25) is 0 Å². The second-order valence-corrected chi connectivity index (χ2v) is 1.88. The maximum absolute atomic E-state index is 12.4. The first-order valence-corrected chi connectivity index (χ1v) is 2.65. The molecule has 6 heteroatoms. The number of carboxylic acids is 1. The molecule has 0 aliphatic rings. The Hall–Kier alpha value is -1.46. The van der Waals surface area contributed by atoms with Gasteiger partial charge in [0.2, 0.25) is 17.5 Å². The lowest BCUT2D eigenvalue weighted by Gasteiger charge is -1.83. The van der Waals surface area contributed by atoms with E-state index in [1.54, 1.807) is 0 Å². The van der Waals surface area contributed by atoms with Gasteiger partial charge in [-0.25, -0.2) is 9.48 Å². The zero-order valence-corrected chi connectivity index (χ0v) is 5.51. The third kappa shape index (κ3) is 1.06. The van der Waals surface area contributed by atoms with Crippen LogP contribution in [0.4, 0.5) is 8.78 Å². The van der Waals surface area contributed by atoms with E-state index in [2.05, 4.69) is 5.10 Å². The van der Waals surface area contributed by atoms with E-state index in [4.69, 9.17) is 5.11 Å². The van der Waals surface area contributed by atoms with E-state index in [1.807, 2.05) is 0 Å². The van der Waals surface area contributed by atoms with Crippen molar-refractivity contribution in [1.82, 2.24) is 9.78 Å². The number of aryl methyl sites for hydroxylation is 1. The zero-order valence-electron chi connectivity index (χ0n) is 5.51. The van der Waals surface area contributed by atoms with Crippen LogP contribution in [0.3, 0.4) is 0 Å². The van der Waals surface area contributed by atoms with Crippen molar-refractivity contribution < 1.29 is 18.7 Å². The first kappa shape index (κ1) is 7.64. The highest BCUT2D eigenvalue weighted by atomic mass is 19.2. The standard InChI is InChI=1S/C5H4F2N2O2/c1-9-4(7)2(6)3(8-9)5(10)11/h1H3,(H,10,11). The summed E-state index contributed by atoms with van der Waals surface area (Å²) in [7, 11) is 1.12. The Labute approximate surface area is 60.1 Å². The number of hydrogen-bond donors (Lipinski definition) is 1. The Kier molecular flexibility index (Phi) is 1.60. The fourth-order valence-electron chi connectivity index (χ4n) is 0.614. The third-order valence-corrected chi connectivity index (χ3v) is 1.13. The summed E-state index contributed by atoms with van der Waals surface area (Å²) in [5.41, 5.74) is -0.898. The summed E-state index contributed by atoms with van der Waals surface area (Å²) in [4.78, 5) is 10.1. The number of carboxylic acid groups (broad SMARTS) is 1. The summed E-state index contributed by atoms with van der Waals surface area (Å²) in [6, 6.07) is 0. The van der Waals surface area contributed by atoms with Gasteiger partial charge in [0.15, 0.2) is 0 Å². The molecule has 0 aromatic carbocycles. The van der Waals surface area contributed by atoms with Gasteiger partial charge in [-0.2, -0.15) is 13.9 Å². The molecule has 60 valence electrons. The van der Waals surface area contributed by atoms with Gasteiger partial charge < -0.3 is 5.11 Å². The van der Waals surface area contributed by atoms with Crippen LogP contribution in [-0.4, -0.2) is 20.9 Å². The van der Waals surface area contributed by atoms with Crippen LogP contribution < -0.4 is 0 Å². The lowest BCUT2D eigenvalue weighted by molar-refractivity contribution is 0.0684. The summed E-state index contributed by atoms with van der Waals surface area (Å²) in [5, 5.41) is 11.3. The first-order chi connectivity index (χ1) is 5.04. The van der Waals surface area contributed by atoms with E-state index in [-0.39, 0.29) is 0 Å². The van der Waals surface area contributed by atoms with Crippen molar-refractivity contribution in [3.05, 3.63) is 17.5 Å². The SMILES string of the molecule is Cn1nc(C(=O)O)c(F)c1F. The van der Waals surface area contributed by atoms with Gasteiger partial charge in [-0.1, -0.05) is 0 Å². The molecule has 0 saturated carbocycles. The van der Waals surface area contributed by atoms with E-state index < -0.39 is 23.4 Å². The van der Waals surface area contributed by atoms with Crippen molar-refractivity contribution in [2.24, 2.45) is 7.05 Å². The highest BCUT2D eigenvalue weighted by Gasteiger charge is 2.20. The molecule has 4 nitrogen and oxygen atoms in total. The highest BCUT2D eigenvalue weighted by Crippen LogP contribution is 2.08. The molecule has 1 aromatic rings. The molecule has 0 aliphatic carbocycles. The Bertz CT molecular complexity index is 308. The van der Waals surface area contributed by atoms with Crippen molar-refractivity contribution in [2.75, 3.05) is 0 Å². The Morgan fingerprint density at radius 3 is 2.36 bits per heavy atom. The first-order valence-electron chi connectivity index (χ1n) is 2.65. The maximum atomic E-state index is 12.4. The van der Waals surface area contributed by atoms with Gasteiger partial charge in [-0.15, -0.1) is 0 Å². The van der Waals surface area contributed by atoms with Gasteiger partial charge in [-0.05, 0) is 0 Å². The third-order valence-electron chi connectivity index (χ3n) is 1.13. The van der Waals surface area contributed by atoms with Gasteiger partial charge in [0.25, 0.3) is 0 Å². The van der Waals surface area contributed by atoms with E-state index in [0.29, 0.717) is 4.68 Å². The number of nitrogens with zero attached hydrogens (tertiary/aromatic N) is 2. The van der Waals surface area contributed by atoms with Crippen molar-refractivity contribution >= 4 is 5.97 Å². The van der Waals surface area contributed by atoms with Crippen LogP contribution in [-0.2, 0) is 7.05 Å². The number of carbonyl (C=O) groups is 1. The lowest BCUT2D eigenvalue weighted by Crippen LogP contribution is -2.00. The molecule has 0 saturated heterocycles. The molecule has 0 amide bonds. The molecule has 1 aromatic heterocycles. The van der Waals surface area contributed by atoms with Gasteiger partial charge in [0.05, 0.1) is 0 Å². The van der Waals surface area contributed by atoms with Gasteiger partial charge >= 0.3 is 5.97 Å². The average Bonchev–Trinajstić information content (AvgIpc) is 2.17. The van der Waals surface area contributed by atoms with Crippen LogP contribution in [0, 0.1) is 11.8 Å². The second kappa shape index (κ2) is 2.30. The molecule has 0 radical (unpaired) electrons. The normalized spacial score (nSPS) is 10.1. The molecule has 11 heavy (non-hydrogen) atoms. The average molecular weight is 162 g/mol. The van der Waals surface area contributed by atoms with E-state index in [9.17, 15) is 13.6 Å². The van der Waals surface area contributed by atoms with Crippen LogP contribution in [0.25, 0.3) is 0 Å². The number of aromatic nitrogens is 2. The van der Waals surface area contributed by atoms with Gasteiger partial charge in [0.1, 0.15) is 0 Å². The maximum Gasteiger partial charge on any atom is 0.359 e. The summed E-state index contributed by atoms with van der Waals surface area (Å²) < 4.78 is 25.3. The highest BCUT2D eigenvalue weighted by molar-refractivity contribution is 5.85. The molecule has 1 rings (SSSR count). The molecule has 0 spiro atoms. The summed E-state index contributed by atoms with van der Waals surface area (Å²) >= 11 is 0. The number of halogens is 2. The van der Waals surface area contributed by atoms with Crippen LogP contribution in [0.15, 0.2) is 0 Å². The van der Waals surface area contributed by atoms with Crippen molar-refractivity contribution in [3.8, 4) is 0 Å². The number of hydrogen-bond acceptors (Lipinski definition) is 2. The smallest absolute Gasteiger partial charge is 0.359 e. The monoisotopic (exact) mass is 162 g/mol. The molecular formula is C5H4F2N2O2. The topological polar surface area (TPSA) is 55.1 Å². The Morgan fingerprint density at radius 1 is 1.64 bits per heavy atom. The minimum atomic E-state index is -1.58. The van der Waals surface area contributed by atoms with E-state index in [0.717, 1.165) is 7.05 Å². The summed E-state index contributed by atoms with van der Waals surface area (Å²) in [6.45, 7) is 0.